The van der Waals surface area contributed by atoms with Crippen molar-refractivity contribution in [3.63, 3.8) is 0 Å². The predicted octanol–water partition coefficient (Wildman–Crippen LogP) is 1.69. The molecule has 2 amide bonds. The lowest BCUT2D eigenvalue weighted by Gasteiger charge is -2.54. The molecular weight excluding hydrogens is 330 g/mol. The van der Waals surface area contributed by atoms with Crippen LogP contribution in [0.1, 0.15) is 46.5 Å². The summed E-state index contributed by atoms with van der Waals surface area (Å²) in [5.74, 6) is -0.112. The number of nitrogens with zero attached hydrogens (tertiary/aromatic N) is 4. The monoisotopic (exact) mass is 351 g/mol. The average Bonchev–Trinajstić information content (AvgIpc) is 2.72. The summed E-state index contributed by atoms with van der Waals surface area (Å²) in [5, 5.41) is 3.12. The average molecular weight is 351 g/mol. The highest BCUT2D eigenvalue weighted by molar-refractivity contribution is 5.94. The van der Waals surface area contributed by atoms with E-state index in [4.69, 9.17) is 0 Å². The number of piperidine rings is 1. The molecule has 1 aliphatic heterocycles. The van der Waals surface area contributed by atoms with Gasteiger partial charge in [-0.05, 0) is 43.2 Å². The lowest BCUT2D eigenvalue weighted by molar-refractivity contribution is -0.00240. The Morgan fingerprint density at radius 3 is 2.42 bits per heavy atom. The van der Waals surface area contributed by atoms with Gasteiger partial charge >= 0.3 is 0 Å². The van der Waals surface area contributed by atoms with E-state index < -0.39 is 0 Å². The van der Waals surface area contributed by atoms with Crippen molar-refractivity contribution in [1.29, 1.82) is 0 Å². The summed E-state index contributed by atoms with van der Waals surface area (Å²) in [6, 6.07) is 3.65. The SMILES string of the molecule is O=C(N[C@H]1CCC12CCN(C(=O)c1ccncc1)CC2)c1cnccn1. The second-order valence-corrected chi connectivity index (χ2v) is 7.05. The smallest absolute Gasteiger partial charge is 0.271 e. The maximum absolute atomic E-state index is 12.6. The first-order chi connectivity index (χ1) is 12.7. The molecule has 26 heavy (non-hydrogen) atoms. The van der Waals surface area contributed by atoms with E-state index in [9.17, 15) is 9.59 Å². The number of likely N-dealkylation sites (tertiary alicyclic amines) is 1. The van der Waals surface area contributed by atoms with Crippen LogP contribution in [0.4, 0.5) is 0 Å². The van der Waals surface area contributed by atoms with E-state index in [1.807, 2.05) is 4.90 Å². The van der Waals surface area contributed by atoms with Crippen LogP contribution in [0.15, 0.2) is 43.1 Å². The number of hydrogen-bond donors (Lipinski definition) is 1. The van der Waals surface area contributed by atoms with Crippen molar-refractivity contribution >= 4 is 11.8 Å². The van der Waals surface area contributed by atoms with Crippen molar-refractivity contribution in [2.75, 3.05) is 13.1 Å². The van der Waals surface area contributed by atoms with Crippen molar-refractivity contribution in [3.8, 4) is 0 Å². The minimum Gasteiger partial charge on any atom is -0.347 e. The quantitative estimate of drug-likeness (QED) is 0.909. The topological polar surface area (TPSA) is 88.1 Å². The summed E-state index contributed by atoms with van der Waals surface area (Å²) in [7, 11) is 0. The minimum absolute atomic E-state index is 0.0571. The van der Waals surface area contributed by atoms with Crippen molar-refractivity contribution in [2.24, 2.45) is 5.41 Å². The molecule has 7 heteroatoms. The van der Waals surface area contributed by atoms with Gasteiger partial charge in [-0.1, -0.05) is 0 Å². The van der Waals surface area contributed by atoms with Gasteiger partial charge in [-0.3, -0.25) is 19.6 Å². The lowest BCUT2D eigenvalue weighted by atomic mass is 9.59. The zero-order valence-corrected chi connectivity index (χ0v) is 14.5. The number of pyridine rings is 1. The first kappa shape index (κ1) is 16.6. The zero-order valence-electron chi connectivity index (χ0n) is 14.5. The fourth-order valence-electron chi connectivity index (χ4n) is 4.00. The summed E-state index contributed by atoms with van der Waals surface area (Å²) in [5.41, 5.74) is 1.13. The molecule has 1 aliphatic carbocycles. The van der Waals surface area contributed by atoms with Crippen LogP contribution >= 0.6 is 0 Å². The van der Waals surface area contributed by atoms with Gasteiger partial charge in [0.2, 0.25) is 0 Å². The molecule has 3 heterocycles. The highest BCUT2D eigenvalue weighted by Crippen LogP contribution is 2.49. The molecule has 1 saturated heterocycles. The van der Waals surface area contributed by atoms with Crippen molar-refractivity contribution in [1.82, 2.24) is 25.2 Å². The molecule has 0 bridgehead atoms. The van der Waals surface area contributed by atoms with Gasteiger partial charge in [0.05, 0.1) is 6.20 Å². The summed E-state index contributed by atoms with van der Waals surface area (Å²) in [6.07, 6.45) is 11.7. The Hall–Kier alpha value is -2.83. The Morgan fingerprint density at radius 2 is 1.81 bits per heavy atom. The van der Waals surface area contributed by atoms with Crippen LogP contribution in [-0.2, 0) is 0 Å². The standard InChI is InChI=1S/C19H21N5O2/c25-17(15-13-21-9-10-22-15)23-16-1-4-19(16)5-11-24(12-6-19)18(26)14-2-7-20-8-3-14/h2-3,7-10,13,16H,1,4-6,11-12H2,(H,23,25)/t16-/m0/s1. The van der Waals surface area contributed by atoms with Crippen LogP contribution in [0.2, 0.25) is 0 Å². The molecule has 1 atom stereocenters. The van der Waals surface area contributed by atoms with E-state index in [0.29, 0.717) is 11.3 Å². The zero-order chi connectivity index (χ0) is 18.0. The number of carbonyl (C=O) groups excluding carboxylic acids is 2. The summed E-state index contributed by atoms with van der Waals surface area (Å²) in [6.45, 7) is 1.44. The van der Waals surface area contributed by atoms with E-state index in [1.165, 1.54) is 12.4 Å². The lowest BCUT2D eigenvalue weighted by Crippen LogP contribution is -2.59. The van der Waals surface area contributed by atoms with Crippen LogP contribution in [0.5, 0.6) is 0 Å². The van der Waals surface area contributed by atoms with Crippen LogP contribution in [-0.4, -0.2) is 50.8 Å². The normalized spacial score (nSPS) is 21.1. The largest absolute Gasteiger partial charge is 0.347 e. The van der Waals surface area contributed by atoms with Crippen molar-refractivity contribution in [3.05, 3.63) is 54.4 Å². The number of rotatable bonds is 3. The molecular formula is C19H21N5O2. The van der Waals surface area contributed by atoms with Gasteiger partial charge in [-0.2, -0.15) is 0 Å². The fourth-order valence-corrected chi connectivity index (χ4v) is 4.00. The predicted molar refractivity (Wildman–Crippen MR) is 94.3 cm³/mol. The third-order valence-electron chi connectivity index (χ3n) is 5.74. The van der Waals surface area contributed by atoms with Crippen molar-refractivity contribution < 1.29 is 9.59 Å². The maximum Gasteiger partial charge on any atom is 0.271 e. The molecule has 4 rings (SSSR count). The van der Waals surface area contributed by atoms with E-state index in [2.05, 4.69) is 20.3 Å². The van der Waals surface area contributed by atoms with Gasteiger partial charge in [0.15, 0.2) is 0 Å². The second kappa shape index (κ2) is 6.82. The molecule has 2 aliphatic rings. The molecule has 0 aromatic carbocycles. The Kier molecular flexibility index (Phi) is 4.36. The Labute approximate surface area is 151 Å². The van der Waals surface area contributed by atoms with Gasteiger partial charge in [-0.15, -0.1) is 0 Å². The van der Waals surface area contributed by atoms with Gasteiger partial charge in [0.1, 0.15) is 5.69 Å². The molecule has 1 spiro atoms. The van der Waals surface area contributed by atoms with Gasteiger partial charge < -0.3 is 10.2 Å². The molecule has 134 valence electrons. The summed E-state index contributed by atoms with van der Waals surface area (Å²) >= 11 is 0. The molecule has 7 nitrogen and oxygen atoms in total. The summed E-state index contributed by atoms with van der Waals surface area (Å²) < 4.78 is 0. The number of amides is 2. The third kappa shape index (κ3) is 3.05. The van der Waals surface area contributed by atoms with E-state index >= 15 is 0 Å². The minimum atomic E-state index is -0.169. The van der Waals surface area contributed by atoms with Crippen LogP contribution in [0.3, 0.4) is 0 Å². The Morgan fingerprint density at radius 1 is 1.04 bits per heavy atom. The summed E-state index contributed by atoms with van der Waals surface area (Å²) in [4.78, 5) is 38.8. The molecule has 0 unspecified atom stereocenters. The fraction of sp³-hybridized carbons (Fsp3) is 0.421. The maximum atomic E-state index is 12.6. The molecule has 2 aromatic rings. The highest BCUT2D eigenvalue weighted by atomic mass is 16.2. The van der Waals surface area contributed by atoms with Gasteiger partial charge in [-0.25, -0.2) is 4.98 Å². The highest BCUT2D eigenvalue weighted by Gasteiger charge is 2.49. The second-order valence-electron chi connectivity index (χ2n) is 7.05. The molecule has 1 saturated carbocycles. The van der Waals surface area contributed by atoms with Crippen LogP contribution in [0, 0.1) is 5.41 Å². The molecule has 0 radical (unpaired) electrons. The Balaban J connectivity index is 1.36. The molecule has 2 aromatic heterocycles. The first-order valence-corrected chi connectivity index (χ1v) is 8.94. The third-order valence-corrected chi connectivity index (χ3v) is 5.74. The number of hydrogen-bond acceptors (Lipinski definition) is 5. The molecule has 1 N–H and O–H groups in total. The van der Waals surface area contributed by atoms with E-state index in [0.717, 1.165) is 38.8 Å². The number of aromatic nitrogens is 3. The van der Waals surface area contributed by atoms with Crippen molar-refractivity contribution in [2.45, 2.75) is 31.7 Å². The Bertz CT molecular complexity index is 788. The van der Waals surface area contributed by atoms with E-state index in [1.54, 1.807) is 30.7 Å². The first-order valence-electron chi connectivity index (χ1n) is 8.94. The van der Waals surface area contributed by atoms with Crippen LogP contribution in [0.25, 0.3) is 0 Å². The van der Waals surface area contributed by atoms with Crippen LogP contribution < -0.4 is 5.32 Å². The molecule has 2 fully saturated rings. The van der Waals surface area contributed by atoms with Gasteiger partial charge in [0.25, 0.3) is 11.8 Å². The number of nitrogens with one attached hydrogen (secondary N) is 1. The number of carbonyl (C=O) groups is 2. The van der Waals surface area contributed by atoms with Gasteiger partial charge in [0, 0.05) is 49.5 Å². The van der Waals surface area contributed by atoms with E-state index in [-0.39, 0.29) is 23.3 Å².